The van der Waals surface area contributed by atoms with E-state index in [2.05, 4.69) is 39.6 Å². The van der Waals surface area contributed by atoms with Crippen LogP contribution >= 0.6 is 11.8 Å². The van der Waals surface area contributed by atoms with Gasteiger partial charge in [-0.25, -0.2) is 4.98 Å². The lowest BCUT2D eigenvalue weighted by Crippen LogP contribution is -2.28. The van der Waals surface area contributed by atoms with Gasteiger partial charge in [-0.3, -0.25) is 9.78 Å². The zero-order chi connectivity index (χ0) is 24.0. The molecule has 0 spiro atoms. The molecule has 8 heteroatoms. The number of para-hydroxylation sites is 1. The van der Waals surface area contributed by atoms with Crippen LogP contribution in [0.3, 0.4) is 0 Å². The van der Waals surface area contributed by atoms with Crippen LogP contribution in [0.2, 0.25) is 0 Å². The summed E-state index contributed by atoms with van der Waals surface area (Å²) in [6.07, 6.45) is 1.74. The van der Waals surface area contributed by atoms with E-state index in [0.29, 0.717) is 17.7 Å². The average Bonchev–Trinajstić information content (AvgIpc) is 3.40. The van der Waals surface area contributed by atoms with E-state index < -0.39 is 0 Å². The summed E-state index contributed by atoms with van der Waals surface area (Å²) in [7, 11) is 0. The van der Waals surface area contributed by atoms with Gasteiger partial charge in [0.2, 0.25) is 11.8 Å². The maximum Gasteiger partial charge on any atom is 0.277 e. The lowest BCUT2D eigenvalue weighted by molar-refractivity contribution is -0.118. The van der Waals surface area contributed by atoms with Crippen LogP contribution in [0.5, 0.6) is 0 Å². The SMILES string of the molecule is CC(CNC(=O)CSc1nnc(-c2cc(-c3ccccn3)nc3ccccc23)o1)c1ccccc1. The number of pyridine rings is 2. The van der Waals surface area contributed by atoms with Crippen molar-refractivity contribution >= 4 is 28.6 Å². The molecule has 7 nitrogen and oxygen atoms in total. The first-order chi connectivity index (χ1) is 17.2. The third kappa shape index (κ3) is 5.38. The molecule has 3 heterocycles. The molecule has 1 unspecified atom stereocenters. The van der Waals surface area contributed by atoms with Gasteiger partial charge in [-0.1, -0.05) is 73.3 Å². The van der Waals surface area contributed by atoms with Crippen LogP contribution in [0, 0.1) is 0 Å². The fourth-order valence-electron chi connectivity index (χ4n) is 3.72. The molecule has 174 valence electrons. The van der Waals surface area contributed by atoms with Gasteiger partial charge in [0.15, 0.2) is 0 Å². The molecule has 0 radical (unpaired) electrons. The molecule has 0 aliphatic heterocycles. The van der Waals surface area contributed by atoms with Gasteiger partial charge >= 0.3 is 0 Å². The Labute approximate surface area is 207 Å². The van der Waals surface area contributed by atoms with Gasteiger partial charge in [-0.2, -0.15) is 0 Å². The van der Waals surface area contributed by atoms with E-state index in [1.54, 1.807) is 6.20 Å². The largest absolute Gasteiger partial charge is 0.411 e. The normalized spacial score (nSPS) is 11.9. The minimum Gasteiger partial charge on any atom is -0.411 e. The Kier molecular flexibility index (Phi) is 6.81. The number of carbonyl (C=O) groups excluding carboxylic acids is 1. The molecular formula is C27H23N5O2S. The lowest BCUT2D eigenvalue weighted by atomic mass is 10.0. The molecule has 1 amide bonds. The molecule has 0 aliphatic rings. The summed E-state index contributed by atoms with van der Waals surface area (Å²) in [5.74, 6) is 0.721. The Hall–Kier alpha value is -4.04. The molecule has 5 rings (SSSR count). The van der Waals surface area contributed by atoms with Crippen molar-refractivity contribution in [3.63, 3.8) is 0 Å². The van der Waals surface area contributed by atoms with Crippen molar-refractivity contribution in [1.82, 2.24) is 25.5 Å². The highest BCUT2D eigenvalue weighted by Crippen LogP contribution is 2.32. The topological polar surface area (TPSA) is 93.8 Å². The minimum absolute atomic E-state index is 0.0793. The highest BCUT2D eigenvalue weighted by Gasteiger charge is 2.16. The first-order valence-electron chi connectivity index (χ1n) is 11.3. The van der Waals surface area contributed by atoms with E-state index in [0.717, 1.165) is 27.9 Å². The van der Waals surface area contributed by atoms with Crippen LogP contribution in [0.1, 0.15) is 18.4 Å². The Morgan fingerprint density at radius 1 is 0.971 bits per heavy atom. The van der Waals surface area contributed by atoms with Crippen molar-refractivity contribution in [2.45, 2.75) is 18.1 Å². The minimum atomic E-state index is -0.0793. The van der Waals surface area contributed by atoms with Crippen LogP contribution in [0.15, 0.2) is 94.7 Å². The van der Waals surface area contributed by atoms with Crippen LogP contribution < -0.4 is 5.32 Å². The van der Waals surface area contributed by atoms with Crippen molar-refractivity contribution in [3.8, 4) is 22.8 Å². The second-order valence-electron chi connectivity index (χ2n) is 8.06. The van der Waals surface area contributed by atoms with Crippen molar-refractivity contribution < 1.29 is 9.21 Å². The van der Waals surface area contributed by atoms with E-state index in [1.165, 1.54) is 17.3 Å². The first-order valence-corrected chi connectivity index (χ1v) is 12.3. The zero-order valence-corrected chi connectivity index (χ0v) is 19.9. The smallest absolute Gasteiger partial charge is 0.277 e. The summed E-state index contributed by atoms with van der Waals surface area (Å²) in [5, 5.41) is 12.6. The molecule has 0 saturated carbocycles. The van der Waals surface area contributed by atoms with Gasteiger partial charge in [0.1, 0.15) is 0 Å². The van der Waals surface area contributed by atoms with Crippen molar-refractivity contribution in [1.29, 1.82) is 0 Å². The third-order valence-corrected chi connectivity index (χ3v) is 6.40. The van der Waals surface area contributed by atoms with Gasteiger partial charge in [-0.05, 0) is 35.7 Å². The third-order valence-electron chi connectivity index (χ3n) is 5.58. The number of fused-ring (bicyclic) bond motifs is 1. The second-order valence-corrected chi connectivity index (χ2v) is 8.99. The molecule has 0 fully saturated rings. The standard InChI is InChI=1S/C27H23N5O2S/c1-18(19-9-3-2-4-10-19)16-29-25(33)17-35-27-32-31-26(34-27)21-15-24(23-13-7-8-14-28-23)30-22-12-6-5-11-20(21)22/h2-15,18H,16-17H2,1H3,(H,29,33). The molecule has 0 aliphatic carbocycles. The van der Waals surface area contributed by atoms with Crippen LogP contribution in [0.4, 0.5) is 0 Å². The molecule has 1 N–H and O–H groups in total. The van der Waals surface area contributed by atoms with E-state index in [4.69, 9.17) is 9.40 Å². The number of thioether (sulfide) groups is 1. The average molecular weight is 482 g/mol. The van der Waals surface area contributed by atoms with Crippen LogP contribution in [-0.4, -0.2) is 38.4 Å². The monoisotopic (exact) mass is 481 g/mol. The summed E-state index contributed by atoms with van der Waals surface area (Å²) in [4.78, 5) is 21.5. The van der Waals surface area contributed by atoms with Crippen molar-refractivity contribution in [2.24, 2.45) is 0 Å². The van der Waals surface area contributed by atoms with Crippen LogP contribution in [0.25, 0.3) is 33.7 Å². The number of rotatable bonds is 8. The fraction of sp³-hybridized carbons (Fsp3) is 0.148. The first kappa shape index (κ1) is 22.7. The van der Waals surface area contributed by atoms with E-state index >= 15 is 0 Å². The molecule has 2 aromatic carbocycles. The van der Waals surface area contributed by atoms with E-state index in [-0.39, 0.29) is 17.6 Å². The van der Waals surface area contributed by atoms with Crippen LogP contribution in [-0.2, 0) is 4.79 Å². The van der Waals surface area contributed by atoms with Gasteiger partial charge in [0.05, 0.1) is 28.2 Å². The second kappa shape index (κ2) is 10.5. The molecule has 0 saturated heterocycles. The van der Waals surface area contributed by atoms with E-state index in [9.17, 15) is 4.79 Å². The van der Waals surface area contributed by atoms with Gasteiger partial charge in [0.25, 0.3) is 5.22 Å². The van der Waals surface area contributed by atoms with Crippen molar-refractivity contribution in [3.05, 3.63) is 90.6 Å². The number of amides is 1. The predicted octanol–water partition coefficient (Wildman–Crippen LogP) is 5.36. The maximum absolute atomic E-state index is 12.4. The Bertz CT molecular complexity index is 1440. The van der Waals surface area contributed by atoms with Crippen molar-refractivity contribution in [2.75, 3.05) is 12.3 Å². The summed E-state index contributed by atoms with van der Waals surface area (Å²) in [6, 6.07) is 25.5. The molecule has 35 heavy (non-hydrogen) atoms. The summed E-state index contributed by atoms with van der Waals surface area (Å²) < 4.78 is 5.93. The number of nitrogens with one attached hydrogen (secondary N) is 1. The Morgan fingerprint density at radius 3 is 2.60 bits per heavy atom. The number of benzene rings is 2. The summed E-state index contributed by atoms with van der Waals surface area (Å²) >= 11 is 1.22. The summed E-state index contributed by atoms with van der Waals surface area (Å²) in [5.41, 5.74) is 4.26. The number of hydrogen-bond acceptors (Lipinski definition) is 7. The van der Waals surface area contributed by atoms with Gasteiger partial charge in [0, 0.05) is 18.1 Å². The molecule has 5 aromatic rings. The highest BCUT2D eigenvalue weighted by molar-refractivity contribution is 7.99. The predicted molar refractivity (Wildman–Crippen MR) is 137 cm³/mol. The number of hydrogen-bond donors (Lipinski definition) is 1. The fourth-order valence-corrected chi connectivity index (χ4v) is 4.31. The summed E-state index contributed by atoms with van der Waals surface area (Å²) in [6.45, 7) is 2.66. The maximum atomic E-state index is 12.4. The Balaban J connectivity index is 1.29. The molecule has 3 aromatic heterocycles. The highest BCUT2D eigenvalue weighted by atomic mass is 32.2. The van der Waals surface area contributed by atoms with E-state index in [1.807, 2.05) is 66.7 Å². The van der Waals surface area contributed by atoms with Gasteiger partial charge < -0.3 is 9.73 Å². The molecule has 1 atom stereocenters. The molecular weight excluding hydrogens is 458 g/mol. The molecule has 0 bridgehead atoms. The zero-order valence-electron chi connectivity index (χ0n) is 19.1. The number of nitrogens with zero attached hydrogens (tertiary/aromatic N) is 4. The quantitative estimate of drug-likeness (QED) is 0.298. The number of aromatic nitrogens is 4. The van der Waals surface area contributed by atoms with Gasteiger partial charge in [-0.15, -0.1) is 10.2 Å². The lowest BCUT2D eigenvalue weighted by Gasteiger charge is -2.12. The number of carbonyl (C=O) groups is 1. The Morgan fingerprint density at radius 2 is 1.77 bits per heavy atom.